The van der Waals surface area contributed by atoms with Crippen molar-refractivity contribution in [2.24, 2.45) is 11.8 Å². The maximum Gasteiger partial charge on any atom is 0.304 e. The number of hydrogen-bond acceptors (Lipinski definition) is 5. The Kier molecular flexibility index (Phi) is 2.94. The Morgan fingerprint density at radius 1 is 1.39 bits per heavy atom. The maximum absolute atomic E-state index is 12.9. The molecule has 0 amide bonds. The quantitative estimate of drug-likeness (QED) is 0.780. The van der Waals surface area contributed by atoms with Crippen molar-refractivity contribution >= 4 is 17.3 Å². The predicted molar refractivity (Wildman–Crippen MR) is 79.8 cm³/mol. The Labute approximate surface area is 133 Å². The number of esters is 1. The number of nitrogens with zero attached hydrogens (tertiary/aromatic N) is 1. The molecule has 0 radical (unpaired) electrons. The van der Waals surface area contributed by atoms with Crippen molar-refractivity contribution in [2.75, 3.05) is 0 Å². The molecule has 0 aromatic heterocycles. The summed E-state index contributed by atoms with van der Waals surface area (Å²) in [4.78, 5) is 24.2. The van der Waals surface area contributed by atoms with E-state index in [2.05, 4.69) is 6.07 Å². The van der Waals surface area contributed by atoms with Crippen LogP contribution < -0.4 is 0 Å². The topological polar surface area (TPSA) is 76.4 Å². The summed E-state index contributed by atoms with van der Waals surface area (Å²) in [6.07, 6.45) is 1.34. The van der Waals surface area contributed by atoms with E-state index in [4.69, 9.17) is 9.47 Å². The fraction of sp³-hybridized carbons (Fsp3) is 0.389. The Hall–Kier alpha value is -2.45. The molecular weight excluding hydrogens is 294 g/mol. The van der Waals surface area contributed by atoms with E-state index in [1.165, 1.54) is 6.92 Å². The van der Waals surface area contributed by atoms with Gasteiger partial charge < -0.3 is 9.47 Å². The van der Waals surface area contributed by atoms with Crippen molar-refractivity contribution in [3.63, 3.8) is 0 Å². The average Bonchev–Trinajstić information content (AvgIpc) is 3.18. The number of allylic oxidation sites excluding steroid dienone is 1. The molecule has 2 heterocycles. The molecule has 2 fully saturated rings. The van der Waals surface area contributed by atoms with E-state index >= 15 is 0 Å². The first-order valence-corrected chi connectivity index (χ1v) is 7.63. The highest BCUT2D eigenvalue weighted by Crippen LogP contribution is 2.55. The molecule has 5 atom stereocenters. The van der Waals surface area contributed by atoms with Crippen molar-refractivity contribution in [3.8, 4) is 6.07 Å². The van der Waals surface area contributed by atoms with E-state index in [0.717, 1.165) is 5.56 Å². The third-order valence-corrected chi connectivity index (χ3v) is 4.98. The van der Waals surface area contributed by atoms with Gasteiger partial charge in [0.1, 0.15) is 12.2 Å². The number of benzene rings is 1. The van der Waals surface area contributed by atoms with Gasteiger partial charge >= 0.3 is 5.97 Å². The minimum atomic E-state index is -1.34. The van der Waals surface area contributed by atoms with Gasteiger partial charge in [0.15, 0.2) is 5.78 Å². The first-order chi connectivity index (χ1) is 11.1. The lowest BCUT2D eigenvalue weighted by atomic mass is 9.73. The highest BCUT2D eigenvalue weighted by Gasteiger charge is 2.67. The summed E-state index contributed by atoms with van der Waals surface area (Å²) < 4.78 is 11.1. The molecule has 5 nitrogen and oxygen atoms in total. The van der Waals surface area contributed by atoms with Crippen molar-refractivity contribution in [1.82, 2.24) is 0 Å². The summed E-state index contributed by atoms with van der Waals surface area (Å²) in [5.74, 6) is -1.04. The number of hydrogen-bond donors (Lipinski definition) is 0. The third kappa shape index (κ3) is 1.88. The van der Waals surface area contributed by atoms with Crippen LogP contribution in [0.3, 0.4) is 0 Å². The number of rotatable bonds is 2. The molecule has 0 N–H and O–H groups in total. The number of carbonyl (C=O) groups is 2. The summed E-state index contributed by atoms with van der Waals surface area (Å²) in [5.41, 5.74) is 0.213. The first-order valence-electron chi connectivity index (χ1n) is 7.63. The minimum absolute atomic E-state index is 0.0276. The SMILES string of the molecule is CC(=O)O[C@@]1(C#N)C[C@@H]2O[C@H]1[C@H]1C(=O)C(c3ccccc3)=C[C@H]12. The molecule has 2 saturated heterocycles. The normalized spacial score (nSPS) is 37.2. The van der Waals surface area contributed by atoms with E-state index in [-0.39, 0.29) is 17.8 Å². The fourth-order valence-electron chi connectivity index (χ4n) is 4.12. The molecule has 0 spiro atoms. The van der Waals surface area contributed by atoms with Gasteiger partial charge in [-0.15, -0.1) is 0 Å². The summed E-state index contributed by atoms with van der Waals surface area (Å²) in [5, 5.41) is 9.54. The van der Waals surface area contributed by atoms with Crippen molar-refractivity contribution in [3.05, 3.63) is 42.0 Å². The number of carbonyl (C=O) groups excluding carboxylic acids is 2. The first kappa shape index (κ1) is 14.2. The van der Waals surface area contributed by atoms with Crippen molar-refractivity contribution in [1.29, 1.82) is 5.26 Å². The second-order valence-corrected chi connectivity index (χ2v) is 6.31. The highest BCUT2D eigenvalue weighted by atomic mass is 16.6. The van der Waals surface area contributed by atoms with Gasteiger partial charge in [0, 0.05) is 24.8 Å². The molecule has 0 unspecified atom stereocenters. The number of fused-ring (bicyclic) bond motifs is 5. The van der Waals surface area contributed by atoms with Crippen LogP contribution in [0, 0.1) is 23.2 Å². The van der Waals surface area contributed by atoms with Gasteiger partial charge in [-0.3, -0.25) is 9.59 Å². The summed E-state index contributed by atoms with van der Waals surface area (Å²) in [6.45, 7) is 1.27. The molecule has 3 aliphatic rings. The smallest absolute Gasteiger partial charge is 0.304 e. The van der Waals surface area contributed by atoms with Gasteiger partial charge in [0.2, 0.25) is 5.60 Å². The average molecular weight is 309 g/mol. The molecule has 5 heteroatoms. The van der Waals surface area contributed by atoms with Crippen LogP contribution in [0.25, 0.3) is 5.57 Å². The monoisotopic (exact) mass is 309 g/mol. The van der Waals surface area contributed by atoms with Crippen LogP contribution >= 0.6 is 0 Å². The Morgan fingerprint density at radius 3 is 2.78 bits per heavy atom. The van der Waals surface area contributed by atoms with Crippen LogP contribution in [0.1, 0.15) is 18.9 Å². The number of ketones is 1. The van der Waals surface area contributed by atoms with E-state index < -0.39 is 23.6 Å². The van der Waals surface area contributed by atoms with Gasteiger partial charge in [-0.05, 0) is 5.56 Å². The Balaban J connectivity index is 1.69. The van der Waals surface area contributed by atoms with Crippen molar-refractivity contribution in [2.45, 2.75) is 31.2 Å². The molecule has 4 rings (SSSR count). The second-order valence-electron chi connectivity index (χ2n) is 6.31. The van der Waals surface area contributed by atoms with Gasteiger partial charge in [-0.25, -0.2) is 0 Å². The van der Waals surface area contributed by atoms with E-state index in [1.807, 2.05) is 36.4 Å². The molecule has 2 bridgehead atoms. The summed E-state index contributed by atoms with van der Waals surface area (Å²) in [7, 11) is 0. The van der Waals surface area contributed by atoms with E-state index in [9.17, 15) is 14.9 Å². The molecule has 1 aromatic carbocycles. The van der Waals surface area contributed by atoms with Crippen LogP contribution in [0.5, 0.6) is 0 Å². The van der Waals surface area contributed by atoms with Crippen LogP contribution in [0.2, 0.25) is 0 Å². The van der Waals surface area contributed by atoms with Gasteiger partial charge in [-0.2, -0.15) is 5.26 Å². The van der Waals surface area contributed by atoms with Crippen LogP contribution in [0.4, 0.5) is 0 Å². The van der Waals surface area contributed by atoms with Crippen LogP contribution in [0.15, 0.2) is 36.4 Å². The molecule has 2 aliphatic heterocycles. The fourth-order valence-corrected chi connectivity index (χ4v) is 4.12. The lowest BCUT2D eigenvalue weighted by Crippen LogP contribution is -2.50. The minimum Gasteiger partial charge on any atom is -0.441 e. The molecule has 116 valence electrons. The standard InChI is InChI=1S/C18H15NO4/c1-10(20)23-18(9-19)8-14-13-7-12(11-5-3-2-4-6-11)16(21)15(13)17(18)22-14/h2-7,13-15,17H,8H2,1H3/t13-,14-,15+,17-,18+/m0/s1. The van der Waals surface area contributed by atoms with Crippen molar-refractivity contribution < 1.29 is 19.1 Å². The zero-order chi connectivity index (χ0) is 16.2. The van der Waals surface area contributed by atoms with Crippen LogP contribution in [-0.2, 0) is 19.1 Å². The van der Waals surface area contributed by atoms with Gasteiger partial charge in [-0.1, -0.05) is 36.4 Å². The molecule has 1 aliphatic carbocycles. The Morgan fingerprint density at radius 2 is 2.13 bits per heavy atom. The largest absolute Gasteiger partial charge is 0.441 e. The maximum atomic E-state index is 12.9. The molecule has 23 heavy (non-hydrogen) atoms. The highest BCUT2D eigenvalue weighted by molar-refractivity contribution is 6.24. The zero-order valence-electron chi connectivity index (χ0n) is 12.6. The molecular formula is C18H15NO4. The zero-order valence-corrected chi connectivity index (χ0v) is 12.6. The van der Waals surface area contributed by atoms with E-state index in [1.54, 1.807) is 0 Å². The summed E-state index contributed by atoms with van der Waals surface area (Å²) >= 11 is 0. The lowest BCUT2D eigenvalue weighted by Gasteiger charge is -2.32. The molecule has 0 saturated carbocycles. The number of ether oxygens (including phenoxy) is 2. The number of nitriles is 1. The summed E-state index contributed by atoms with van der Waals surface area (Å²) in [6, 6.07) is 11.6. The molecule has 1 aromatic rings. The van der Waals surface area contributed by atoms with Gasteiger partial charge in [0.25, 0.3) is 0 Å². The third-order valence-electron chi connectivity index (χ3n) is 4.98. The van der Waals surface area contributed by atoms with Crippen LogP contribution in [-0.4, -0.2) is 29.6 Å². The Bertz CT molecular complexity index is 763. The van der Waals surface area contributed by atoms with Gasteiger partial charge in [0.05, 0.1) is 12.0 Å². The lowest BCUT2D eigenvalue weighted by molar-refractivity contribution is -0.159. The second kappa shape index (κ2) is 4.77. The van der Waals surface area contributed by atoms with E-state index in [0.29, 0.717) is 12.0 Å². The predicted octanol–water partition coefficient (Wildman–Crippen LogP) is 1.88. The number of Topliss-reactive ketones (excluding diaryl/α,β-unsaturated/α-hetero) is 1.